The molecule has 0 spiro atoms. The summed E-state index contributed by atoms with van der Waals surface area (Å²) in [5, 5.41) is 1.27. The minimum Gasteiger partial charge on any atom is -0.361 e. The van der Waals surface area contributed by atoms with E-state index in [9.17, 15) is 0 Å². The normalized spacial score (nSPS) is 12.7. The van der Waals surface area contributed by atoms with Gasteiger partial charge in [0.25, 0.3) is 0 Å². The van der Waals surface area contributed by atoms with Crippen LogP contribution in [0, 0.1) is 6.92 Å². The Bertz CT molecular complexity index is 683. The lowest BCUT2D eigenvalue weighted by molar-refractivity contribution is 0.825. The van der Waals surface area contributed by atoms with E-state index in [0.717, 1.165) is 0 Å². The molecule has 2 nitrogen and oxygen atoms in total. The molecule has 2 aromatic carbocycles. The number of rotatable bonds is 3. The van der Waals surface area contributed by atoms with Crippen molar-refractivity contribution in [3.63, 3.8) is 0 Å². The molecule has 0 saturated heterocycles. The molecule has 1 aromatic heterocycles. The molecule has 19 heavy (non-hydrogen) atoms. The van der Waals surface area contributed by atoms with Gasteiger partial charge < -0.3 is 10.7 Å². The van der Waals surface area contributed by atoms with E-state index in [-0.39, 0.29) is 5.92 Å². The van der Waals surface area contributed by atoms with Crippen LogP contribution in [0.2, 0.25) is 0 Å². The number of aryl methyl sites for hydroxylation is 1. The maximum atomic E-state index is 6.00. The van der Waals surface area contributed by atoms with Crippen LogP contribution in [0.5, 0.6) is 0 Å². The van der Waals surface area contributed by atoms with Gasteiger partial charge in [-0.1, -0.05) is 42.5 Å². The highest BCUT2D eigenvalue weighted by atomic mass is 14.7. The maximum Gasteiger partial charge on any atom is 0.0459 e. The van der Waals surface area contributed by atoms with Crippen LogP contribution in [-0.4, -0.2) is 11.5 Å². The number of nitrogens with one attached hydrogen (secondary N) is 1. The van der Waals surface area contributed by atoms with Crippen molar-refractivity contribution in [2.24, 2.45) is 5.73 Å². The van der Waals surface area contributed by atoms with Gasteiger partial charge >= 0.3 is 0 Å². The summed E-state index contributed by atoms with van der Waals surface area (Å²) < 4.78 is 0. The van der Waals surface area contributed by atoms with Gasteiger partial charge in [-0.25, -0.2) is 0 Å². The highest BCUT2D eigenvalue weighted by Crippen LogP contribution is 2.30. The Morgan fingerprint density at radius 1 is 1.11 bits per heavy atom. The molecule has 96 valence electrons. The van der Waals surface area contributed by atoms with Gasteiger partial charge in [0.1, 0.15) is 0 Å². The first kappa shape index (κ1) is 12.0. The third kappa shape index (κ3) is 2.15. The lowest BCUT2D eigenvalue weighted by Crippen LogP contribution is -2.13. The summed E-state index contributed by atoms with van der Waals surface area (Å²) in [5.41, 5.74) is 11.0. The van der Waals surface area contributed by atoms with Crippen molar-refractivity contribution in [1.82, 2.24) is 4.98 Å². The summed E-state index contributed by atoms with van der Waals surface area (Å²) in [4.78, 5) is 3.36. The molecule has 3 N–H and O–H groups in total. The SMILES string of the molecule is Cc1ccc2c(C(CN)c3ccccc3)c[nH]c2c1. The number of aromatic amines is 1. The molecule has 0 radical (unpaired) electrons. The molecule has 1 atom stereocenters. The van der Waals surface area contributed by atoms with Gasteiger partial charge in [0, 0.05) is 29.6 Å². The zero-order chi connectivity index (χ0) is 13.2. The van der Waals surface area contributed by atoms with E-state index in [2.05, 4.69) is 60.6 Å². The highest BCUT2D eigenvalue weighted by molar-refractivity contribution is 5.84. The average Bonchev–Trinajstić information content (AvgIpc) is 2.84. The van der Waals surface area contributed by atoms with Crippen molar-refractivity contribution in [2.45, 2.75) is 12.8 Å². The third-order valence-electron chi connectivity index (χ3n) is 3.68. The second-order valence-corrected chi connectivity index (χ2v) is 4.99. The lowest BCUT2D eigenvalue weighted by atomic mass is 9.91. The van der Waals surface area contributed by atoms with Crippen LogP contribution in [0.15, 0.2) is 54.7 Å². The van der Waals surface area contributed by atoms with Crippen molar-refractivity contribution >= 4 is 10.9 Å². The Labute approximate surface area is 113 Å². The number of benzene rings is 2. The summed E-state index contributed by atoms with van der Waals surface area (Å²) >= 11 is 0. The van der Waals surface area contributed by atoms with Crippen molar-refractivity contribution in [3.05, 3.63) is 71.4 Å². The van der Waals surface area contributed by atoms with Crippen LogP contribution in [0.3, 0.4) is 0 Å². The van der Waals surface area contributed by atoms with Crippen LogP contribution in [0.25, 0.3) is 10.9 Å². The Morgan fingerprint density at radius 2 is 1.89 bits per heavy atom. The minimum absolute atomic E-state index is 0.248. The van der Waals surface area contributed by atoms with Gasteiger partial charge in [0.05, 0.1) is 0 Å². The average molecular weight is 250 g/mol. The molecule has 3 aromatic rings. The number of aromatic nitrogens is 1. The van der Waals surface area contributed by atoms with Gasteiger partial charge in [-0.3, -0.25) is 0 Å². The van der Waals surface area contributed by atoms with E-state index in [4.69, 9.17) is 5.73 Å². The van der Waals surface area contributed by atoms with Crippen molar-refractivity contribution in [2.75, 3.05) is 6.54 Å². The van der Waals surface area contributed by atoms with Gasteiger partial charge in [0.15, 0.2) is 0 Å². The number of hydrogen-bond acceptors (Lipinski definition) is 1. The second-order valence-electron chi connectivity index (χ2n) is 4.99. The van der Waals surface area contributed by atoms with Crippen LogP contribution in [-0.2, 0) is 0 Å². The summed E-state index contributed by atoms with van der Waals surface area (Å²) in [5.74, 6) is 0.248. The number of H-pyrrole nitrogens is 1. The highest BCUT2D eigenvalue weighted by Gasteiger charge is 2.16. The van der Waals surface area contributed by atoms with Gasteiger partial charge in [-0.15, -0.1) is 0 Å². The monoisotopic (exact) mass is 250 g/mol. The molecular weight excluding hydrogens is 232 g/mol. The van der Waals surface area contributed by atoms with Crippen molar-refractivity contribution in [3.8, 4) is 0 Å². The molecule has 2 heteroatoms. The van der Waals surface area contributed by atoms with E-state index in [0.29, 0.717) is 6.54 Å². The molecule has 0 aliphatic rings. The summed E-state index contributed by atoms with van der Waals surface area (Å²) in [7, 11) is 0. The molecule has 1 unspecified atom stereocenters. The van der Waals surface area contributed by atoms with Crippen LogP contribution < -0.4 is 5.73 Å². The van der Waals surface area contributed by atoms with E-state index in [1.807, 2.05) is 6.07 Å². The van der Waals surface area contributed by atoms with Crippen LogP contribution in [0.1, 0.15) is 22.6 Å². The quantitative estimate of drug-likeness (QED) is 0.733. The standard InChI is InChI=1S/C17H18N2/c1-12-7-8-14-16(11-19-17(14)9-12)15(10-18)13-5-3-2-4-6-13/h2-9,11,15,19H,10,18H2,1H3. The van der Waals surface area contributed by atoms with Crippen molar-refractivity contribution in [1.29, 1.82) is 0 Å². The molecule has 0 bridgehead atoms. The Morgan fingerprint density at radius 3 is 2.63 bits per heavy atom. The fourth-order valence-electron chi connectivity index (χ4n) is 2.68. The Hall–Kier alpha value is -2.06. The predicted molar refractivity (Wildman–Crippen MR) is 80.4 cm³/mol. The fourth-order valence-corrected chi connectivity index (χ4v) is 2.68. The first-order chi connectivity index (χ1) is 9.29. The first-order valence-electron chi connectivity index (χ1n) is 6.62. The molecule has 0 amide bonds. The molecule has 0 aliphatic carbocycles. The lowest BCUT2D eigenvalue weighted by Gasteiger charge is -2.14. The number of fused-ring (bicyclic) bond motifs is 1. The topological polar surface area (TPSA) is 41.8 Å². The number of hydrogen-bond donors (Lipinski definition) is 2. The van der Waals surface area contributed by atoms with E-state index in [1.165, 1.54) is 27.6 Å². The van der Waals surface area contributed by atoms with Crippen molar-refractivity contribution < 1.29 is 0 Å². The zero-order valence-corrected chi connectivity index (χ0v) is 11.1. The van der Waals surface area contributed by atoms with E-state index in [1.54, 1.807) is 0 Å². The largest absolute Gasteiger partial charge is 0.361 e. The predicted octanol–water partition coefficient (Wildman–Crippen LogP) is 3.57. The van der Waals surface area contributed by atoms with Gasteiger partial charge in [-0.05, 0) is 29.7 Å². The van der Waals surface area contributed by atoms with Crippen LogP contribution in [0.4, 0.5) is 0 Å². The van der Waals surface area contributed by atoms with Gasteiger partial charge in [-0.2, -0.15) is 0 Å². The molecular formula is C17H18N2. The van der Waals surface area contributed by atoms with E-state index < -0.39 is 0 Å². The van der Waals surface area contributed by atoms with Crippen LogP contribution >= 0.6 is 0 Å². The maximum absolute atomic E-state index is 6.00. The van der Waals surface area contributed by atoms with Gasteiger partial charge in [0.2, 0.25) is 0 Å². The minimum atomic E-state index is 0.248. The molecule has 0 saturated carbocycles. The number of nitrogens with two attached hydrogens (primary N) is 1. The molecule has 0 aliphatic heterocycles. The van der Waals surface area contributed by atoms with E-state index >= 15 is 0 Å². The third-order valence-corrected chi connectivity index (χ3v) is 3.68. The summed E-state index contributed by atoms with van der Waals surface area (Å²) in [6.07, 6.45) is 2.09. The summed E-state index contributed by atoms with van der Waals surface area (Å²) in [6.45, 7) is 2.72. The Balaban J connectivity index is 2.12. The molecule has 0 fully saturated rings. The zero-order valence-electron chi connectivity index (χ0n) is 11.1. The smallest absolute Gasteiger partial charge is 0.0459 e. The second kappa shape index (κ2) is 4.90. The fraction of sp³-hybridized carbons (Fsp3) is 0.176. The molecule has 1 heterocycles. The first-order valence-corrected chi connectivity index (χ1v) is 6.62. The molecule has 3 rings (SSSR count). The summed E-state index contributed by atoms with van der Waals surface area (Å²) in [6, 6.07) is 17.0. The Kier molecular flexibility index (Phi) is 3.10.